The molecule has 1 amide bonds. The van der Waals surface area contributed by atoms with Crippen LogP contribution in [0.1, 0.15) is 67.4 Å². The zero-order chi connectivity index (χ0) is 25.8. The van der Waals surface area contributed by atoms with Crippen molar-refractivity contribution in [1.82, 2.24) is 14.9 Å². The Morgan fingerprint density at radius 1 is 1.17 bits per heavy atom. The van der Waals surface area contributed by atoms with Crippen LogP contribution in [-0.2, 0) is 29.7 Å². The molecule has 2 N–H and O–H groups in total. The standard InChI is InChI=1S/C26H29F3N4O2/c1-24(2,3)14-33(12-17-8-7-16(11-31-17)26(27,28)29)23(34)15-6-9-20-18(10-15)19-13-35-25(4,5)21(19)22(30)32-20/h6-11H,12-14H2,1-5H3,(H2,30,32). The molecule has 0 spiro atoms. The second kappa shape index (κ2) is 8.48. The van der Waals surface area contributed by atoms with E-state index in [1.54, 1.807) is 23.1 Å². The van der Waals surface area contributed by atoms with Gasteiger partial charge in [0.1, 0.15) is 5.82 Å². The maximum Gasteiger partial charge on any atom is 0.417 e. The third kappa shape index (κ3) is 5.10. The quantitative estimate of drug-likeness (QED) is 0.513. The second-order valence-electron chi connectivity index (χ2n) is 10.6. The summed E-state index contributed by atoms with van der Waals surface area (Å²) in [5.74, 6) is 0.170. The number of benzene rings is 1. The number of ether oxygens (including phenoxy) is 1. The van der Waals surface area contributed by atoms with Crippen LogP contribution in [0.4, 0.5) is 19.0 Å². The Morgan fingerprint density at radius 2 is 1.89 bits per heavy atom. The van der Waals surface area contributed by atoms with Crippen molar-refractivity contribution in [2.24, 2.45) is 5.41 Å². The van der Waals surface area contributed by atoms with Gasteiger partial charge >= 0.3 is 6.18 Å². The van der Waals surface area contributed by atoms with Crippen LogP contribution in [0.2, 0.25) is 0 Å². The lowest BCUT2D eigenvalue weighted by Gasteiger charge is -2.30. The lowest BCUT2D eigenvalue weighted by Crippen LogP contribution is -2.37. The Labute approximate surface area is 202 Å². The van der Waals surface area contributed by atoms with E-state index in [0.29, 0.717) is 35.7 Å². The van der Waals surface area contributed by atoms with E-state index < -0.39 is 17.3 Å². The van der Waals surface area contributed by atoms with Crippen molar-refractivity contribution in [2.75, 3.05) is 12.3 Å². The molecular formula is C26H29F3N4O2. The van der Waals surface area contributed by atoms with Gasteiger partial charge in [-0.15, -0.1) is 0 Å². The number of hydrogen-bond acceptors (Lipinski definition) is 5. The molecule has 3 heterocycles. The summed E-state index contributed by atoms with van der Waals surface area (Å²) < 4.78 is 44.7. The highest BCUT2D eigenvalue weighted by Crippen LogP contribution is 2.42. The zero-order valence-electron chi connectivity index (χ0n) is 20.5. The number of nitrogen functional groups attached to an aromatic ring is 1. The first-order valence-corrected chi connectivity index (χ1v) is 11.3. The summed E-state index contributed by atoms with van der Waals surface area (Å²) in [7, 11) is 0. The summed E-state index contributed by atoms with van der Waals surface area (Å²) in [6.07, 6.45) is -3.67. The van der Waals surface area contributed by atoms with Crippen molar-refractivity contribution in [2.45, 2.75) is 59.5 Å². The monoisotopic (exact) mass is 486 g/mol. The minimum atomic E-state index is -4.46. The molecule has 3 aromatic rings. The summed E-state index contributed by atoms with van der Waals surface area (Å²) in [6.45, 7) is 10.7. The average Bonchev–Trinajstić information content (AvgIpc) is 3.07. The Kier molecular flexibility index (Phi) is 6.03. The summed E-state index contributed by atoms with van der Waals surface area (Å²) in [6, 6.07) is 7.55. The number of nitrogens with two attached hydrogens (primary N) is 1. The molecule has 1 aliphatic rings. The van der Waals surface area contributed by atoms with Crippen LogP contribution in [0.3, 0.4) is 0 Å². The number of halogens is 3. The van der Waals surface area contributed by atoms with Gasteiger partial charge in [0.15, 0.2) is 0 Å². The van der Waals surface area contributed by atoms with E-state index in [4.69, 9.17) is 10.5 Å². The molecule has 9 heteroatoms. The molecule has 6 nitrogen and oxygen atoms in total. The third-order valence-corrected chi connectivity index (χ3v) is 6.00. The number of anilines is 1. The maximum atomic E-state index is 13.6. The lowest BCUT2D eigenvalue weighted by atomic mass is 9.93. The third-order valence-electron chi connectivity index (χ3n) is 6.00. The van der Waals surface area contributed by atoms with Crippen molar-refractivity contribution >= 4 is 22.6 Å². The highest BCUT2D eigenvalue weighted by molar-refractivity contribution is 5.99. The van der Waals surface area contributed by atoms with Gasteiger partial charge in [0.2, 0.25) is 0 Å². The minimum Gasteiger partial charge on any atom is -0.383 e. The number of carbonyl (C=O) groups is 1. The van der Waals surface area contributed by atoms with Crippen LogP contribution in [-0.4, -0.2) is 27.3 Å². The van der Waals surface area contributed by atoms with Crippen LogP contribution in [0.15, 0.2) is 36.5 Å². The Bertz CT molecular complexity index is 1280. The molecule has 186 valence electrons. The minimum absolute atomic E-state index is 0.0838. The number of carbonyl (C=O) groups excluding carboxylic acids is 1. The van der Waals surface area contributed by atoms with E-state index in [1.165, 1.54) is 6.07 Å². The van der Waals surface area contributed by atoms with Crippen LogP contribution in [0, 0.1) is 5.41 Å². The number of pyridine rings is 2. The number of rotatable bonds is 4. The smallest absolute Gasteiger partial charge is 0.383 e. The first kappa shape index (κ1) is 24.9. The van der Waals surface area contributed by atoms with E-state index in [0.717, 1.165) is 28.8 Å². The summed E-state index contributed by atoms with van der Waals surface area (Å²) in [5, 5.41) is 0.800. The predicted octanol–water partition coefficient (Wildman–Crippen LogP) is 5.68. The highest BCUT2D eigenvalue weighted by atomic mass is 19.4. The van der Waals surface area contributed by atoms with Gasteiger partial charge in [0.25, 0.3) is 5.91 Å². The first-order valence-electron chi connectivity index (χ1n) is 11.3. The Balaban J connectivity index is 1.70. The molecule has 0 unspecified atom stereocenters. The topological polar surface area (TPSA) is 81.3 Å². The van der Waals surface area contributed by atoms with E-state index >= 15 is 0 Å². The molecule has 0 atom stereocenters. The molecule has 0 saturated carbocycles. The fourth-order valence-corrected chi connectivity index (χ4v) is 4.47. The molecule has 35 heavy (non-hydrogen) atoms. The predicted molar refractivity (Wildman–Crippen MR) is 127 cm³/mol. The fourth-order valence-electron chi connectivity index (χ4n) is 4.47. The van der Waals surface area contributed by atoms with Crippen molar-refractivity contribution in [1.29, 1.82) is 0 Å². The van der Waals surface area contributed by atoms with Gasteiger partial charge in [0, 0.05) is 29.3 Å². The summed E-state index contributed by atoms with van der Waals surface area (Å²) in [4.78, 5) is 23.7. The molecular weight excluding hydrogens is 457 g/mol. The van der Waals surface area contributed by atoms with E-state index in [-0.39, 0.29) is 17.9 Å². The van der Waals surface area contributed by atoms with Gasteiger partial charge in [-0.05, 0) is 55.2 Å². The second-order valence-corrected chi connectivity index (χ2v) is 10.6. The fraction of sp³-hybridized carbons (Fsp3) is 0.423. The molecule has 2 aromatic heterocycles. The highest BCUT2D eigenvalue weighted by Gasteiger charge is 2.35. The van der Waals surface area contributed by atoms with Crippen molar-refractivity contribution in [3.8, 4) is 0 Å². The van der Waals surface area contributed by atoms with Crippen LogP contribution >= 0.6 is 0 Å². The molecule has 0 fully saturated rings. The molecule has 0 radical (unpaired) electrons. The number of hydrogen-bond donors (Lipinski definition) is 1. The number of fused-ring (bicyclic) bond motifs is 3. The normalized spacial score (nSPS) is 15.3. The van der Waals surface area contributed by atoms with Gasteiger partial charge in [-0.2, -0.15) is 13.2 Å². The number of amides is 1. The van der Waals surface area contributed by atoms with Crippen molar-refractivity contribution in [3.05, 3.63) is 64.5 Å². The molecule has 4 rings (SSSR count). The zero-order valence-corrected chi connectivity index (χ0v) is 20.5. The van der Waals surface area contributed by atoms with Gasteiger partial charge in [-0.1, -0.05) is 20.8 Å². The van der Waals surface area contributed by atoms with Gasteiger partial charge in [0.05, 0.1) is 35.5 Å². The molecule has 0 aliphatic carbocycles. The molecule has 0 bridgehead atoms. The number of alkyl halides is 3. The lowest BCUT2D eigenvalue weighted by molar-refractivity contribution is -0.137. The molecule has 1 aromatic carbocycles. The van der Waals surface area contributed by atoms with Crippen LogP contribution < -0.4 is 5.73 Å². The summed E-state index contributed by atoms with van der Waals surface area (Å²) in [5.41, 5.74) is 7.81. The number of aromatic nitrogens is 2. The van der Waals surface area contributed by atoms with Crippen LogP contribution in [0.5, 0.6) is 0 Å². The Hall–Kier alpha value is -3.20. The SMILES string of the molecule is CC(C)(C)CN(Cc1ccc(C(F)(F)F)cn1)C(=O)c1ccc2nc(N)c3c(c2c1)COC3(C)C. The number of nitrogens with zero attached hydrogens (tertiary/aromatic N) is 3. The maximum absolute atomic E-state index is 13.6. The van der Waals surface area contributed by atoms with E-state index in [2.05, 4.69) is 9.97 Å². The van der Waals surface area contributed by atoms with Crippen molar-refractivity contribution in [3.63, 3.8) is 0 Å². The van der Waals surface area contributed by atoms with E-state index in [9.17, 15) is 18.0 Å². The van der Waals surface area contributed by atoms with Crippen LogP contribution in [0.25, 0.3) is 10.9 Å². The van der Waals surface area contributed by atoms with Crippen molar-refractivity contribution < 1.29 is 22.7 Å². The van der Waals surface area contributed by atoms with Gasteiger partial charge in [-0.25, -0.2) is 4.98 Å². The van der Waals surface area contributed by atoms with Gasteiger partial charge in [-0.3, -0.25) is 9.78 Å². The largest absolute Gasteiger partial charge is 0.417 e. The van der Waals surface area contributed by atoms with Gasteiger partial charge < -0.3 is 15.4 Å². The molecule has 0 saturated heterocycles. The summed E-state index contributed by atoms with van der Waals surface area (Å²) >= 11 is 0. The Morgan fingerprint density at radius 3 is 2.49 bits per heavy atom. The average molecular weight is 487 g/mol. The van der Waals surface area contributed by atoms with E-state index in [1.807, 2.05) is 34.6 Å². The molecule has 1 aliphatic heterocycles. The first-order chi connectivity index (χ1) is 16.2.